The first kappa shape index (κ1) is 25.4. The second-order valence-corrected chi connectivity index (χ2v) is 9.99. The lowest BCUT2D eigenvalue weighted by Gasteiger charge is -2.36. The molecule has 186 valence electrons. The Hall–Kier alpha value is -1.74. The van der Waals surface area contributed by atoms with Crippen molar-refractivity contribution in [3.05, 3.63) is 48.0 Å². The molecule has 2 aromatic carbocycles. The largest absolute Gasteiger partial charge is 0.416 e. The number of para-hydroxylation sites is 1. The molecule has 2 aliphatic heterocycles. The Morgan fingerprint density at radius 3 is 2.26 bits per heavy atom. The van der Waals surface area contributed by atoms with Gasteiger partial charge < -0.3 is 14.5 Å². The van der Waals surface area contributed by atoms with Gasteiger partial charge in [-0.2, -0.15) is 13.2 Å². The number of benzene rings is 2. The number of unbranched alkanes of at least 4 members (excludes halogenated alkanes) is 1. The van der Waals surface area contributed by atoms with Gasteiger partial charge in [-0.25, -0.2) is 0 Å². The van der Waals surface area contributed by atoms with Crippen LogP contribution in [0.25, 0.3) is 0 Å². The molecule has 0 aromatic heterocycles. The quantitative estimate of drug-likeness (QED) is 0.370. The molecule has 1 saturated heterocycles. The number of rotatable bonds is 10. The van der Waals surface area contributed by atoms with Crippen molar-refractivity contribution in [1.82, 2.24) is 9.80 Å². The summed E-state index contributed by atoms with van der Waals surface area (Å²) in [6, 6.07) is 12.1. The van der Waals surface area contributed by atoms with Gasteiger partial charge in [0.1, 0.15) is 0 Å². The van der Waals surface area contributed by atoms with Crippen molar-refractivity contribution < 1.29 is 17.9 Å². The minimum absolute atomic E-state index is 0.592. The highest BCUT2D eigenvalue weighted by Crippen LogP contribution is 2.49. The van der Waals surface area contributed by atoms with Crippen LogP contribution in [0.5, 0.6) is 0 Å². The van der Waals surface area contributed by atoms with E-state index < -0.39 is 11.7 Å². The molecule has 8 heteroatoms. The number of hydrogen-bond acceptors (Lipinski definition) is 5. The highest BCUT2D eigenvalue weighted by molar-refractivity contribution is 7.99. The van der Waals surface area contributed by atoms with Crippen LogP contribution in [-0.4, -0.2) is 68.8 Å². The first-order valence-electron chi connectivity index (χ1n) is 12.2. The van der Waals surface area contributed by atoms with Crippen LogP contribution in [0.3, 0.4) is 0 Å². The van der Waals surface area contributed by atoms with Gasteiger partial charge >= 0.3 is 6.18 Å². The Morgan fingerprint density at radius 2 is 1.53 bits per heavy atom. The number of anilines is 2. The predicted octanol–water partition coefficient (Wildman–Crippen LogP) is 6.13. The highest BCUT2D eigenvalue weighted by Gasteiger charge is 2.33. The molecule has 2 aromatic rings. The third-order valence-electron chi connectivity index (χ3n) is 6.47. The van der Waals surface area contributed by atoms with Crippen LogP contribution >= 0.6 is 11.8 Å². The summed E-state index contributed by atoms with van der Waals surface area (Å²) in [6.07, 6.45) is -1.16. The first-order valence-corrected chi connectivity index (χ1v) is 13.1. The summed E-state index contributed by atoms with van der Waals surface area (Å²) in [7, 11) is 0. The van der Waals surface area contributed by atoms with Crippen molar-refractivity contribution in [3.8, 4) is 0 Å². The molecule has 2 heterocycles. The van der Waals surface area contributed by atoms with Gasteiger partial charge in [0.2, 0.25) is 0 Å². The Morgan fingerprint density at radius 1 is 0.824 bits per heavy atom. The van der Waals surface area contributed by atoms with Gasteiger partial charge in [0.05, 0.1) is 23.5 Å². The average Bonchev–Trinajstić information content (AvgIpc) is 2.83. The number of halogens is 3. The minimum atomic E-state index is -4.34. The van der Waals surface area contributed by atoms with Crippen LogP contribution in [0.2, 0.25) is 0 Å². The van der Waals surface area contributed by atoms with Gasteiger partial charge in [-0.1, -0.05) is 37.2 Å². The molecular weight excluding hydrogens is 459 g/mol. The third kappa shape index (κ3) is 6.47. The molecule has 0 saturated carbocycles. The molecule has 4 rings (SSSR count). The van der Waals surface area contributed by atoms with Gasteiger partial charge in [-0.3, -0.25) is 4.90 Å². The van der Waals surface area contributed by atoms with E-state index in [0.717, 1.165) is 87.2 Å². The number of hydrogen-bond donors (Lipinski definition) is 0. The smallest absolute Gasteiger partial charge is 0.380 e. The van der Waals surface area contributed by atoms with Crippen molar-refractivity contribution in [2.75, 3.05) is 63.9 Å². The molecule has 0 spiro atoms. The Balaban J connectivity index is 1.32. The summed E-state index contributed by atoms with van der Waals surface area (Å²) < 4.78 is 45.9. The highest BCUT2D eigenvalue weighted by atomic mass is 32.2. The molecule has 1 fully saturated rings. The van der Waals surface area contributed by atoms with Gasteiger partial charge in [0.25, 0.3) is 0 Å². The van der Waals surface area contributed by atoms with E-state index in [1.54, 1.807) is 17.8 Å². The molecule has 34 heavy (non-hydrogen) atoms. The summed E-state index contributed by atoms with van der Waals surface area (Å²) >= 11 is 1.54. The molecule has 0 bridgehead atoms. The molecule has 2 aliphatic rings. The van der Waals surface area contributed by atoms with Crippen LogP contribution in [0.4, 0.5) is 24.5 Å². The normalized spacial score (nSPS) is 17.0. The zero-order valence-corrected chi connectivity index (χ0v) is 20.6. The maximum atomic E-state index is 13.4. The van der Waals surface area contributed by atoms with Crippen LogP contribution in [0.1, 0.15) is 31.7 Å². The molecule has 0 N–H and O–H groups in total. The minimum Gasteiger partial charge on any atom is -0.380 e. The second-order valence-electron chi connectivity index (χ2n) is 8.90. The Bertz CT molecular complexity index is 932. The van der Waals surface area contributed by atoms with Gasteiger partial charge in [-0.05, 0) is 49.7 Å². The van der Waals surface area contributed by atoms with Crippen LogP contribution in [0.15, 0.2) is 52.3 Å². The predicted molar refractivity (Wildman–Crippen MR) is 132 cm³/mol. The van der Waals surface area contributed by atoms with Gasteiger partial charge in [0.15, 0.2) is 0 Å². The Kier molecular flexibility index (Phi) is 8.80. The molecule has 0 amide bonds. The fourth-order valence-electron chi connectivity index (χ4n) is 4.48. The Labute approximate surface area is 205 Å². The second kappa shape index (κ2) is 11.8. The van der Waals surface area contributed by atoms with Crippen molar-refractivity contribution in [3.63, 3.8) is 0 Å². The van der Waals surface area contributed by atoms with E-state index in [0.29, 0.717) is 12.2 Å². The standard InChI is InChI=1S/C26H34F3N3OS/c1-2-3-18-33-19-17-31-15-13-30(14-16-31)11-6-12-32-22-7-4-5-8-24(22)34-25-10-9-21(20-23(25)32)26(27,28)29/h4-5,7-10,20H,2-3,6,11-19H2,1H3. The fraction of sp³-hybridized carbons (Fsp3) is 0.538. The number of piperazine rings is 1. The lowest BCUT2D eigenvalue weighted by molar-refractivity contribution is -0.137. The molecule has 0 atom stereocenters. The summed E-state index contributed by atoms with van der Waals surface area (Å²) in [5.74, 6) is 0. The molecular formula is C26H34F3N3OS. The topological polar surface area (TPSA) is 19.0 Å². The van der Waals surface area contributed by atoms with Crippen molar-refractivity contribution in [1.29, 1.82) is 0 Å². The molecule has 0 unspecified atom stereocenters. The monoisotopic (exact) mass is 493 g/mol. The first-order chi connectivity index (χ1) is 16.5. The van der Waals surface area contributed by atoms with Crippen molar-refractivity contribution >= 4 is 23.1 Å². The van der Waals surface area contributed by atoms with Crippen LogP contribution in [-0.2, 0) is 10.9 Å². The number of ether oxygens (including phenoxy) is 1. The summed E-state index contributed by atoms with van der Waals surface area (Å²) in [4.78, 5) is 8.95. The van der Waals surface area contributed by atoms with E-state index >= 15 is 0 Å². The van der Waals surface area contributed by atoms with Crippen LogP contribution < -0.4 is 4.90 Å². The fourth-order valence-corrected chi connectivity index (χ4v) is 5.55. The number of fused-ring (bicyclic) bond motifs is 2. The van der Waals surface area contributed by atoms with E-state index in [1.165, 1.54) is 12.1 Å². The molecule has 0 radical (unpaired) electrons. The maximum absolute atomic E-state index is 13.4. The van der Waals surface area contributed by atoms with Crippen molar-refractivity contribution in [2.45, 2.75) is 42.2 Å². The van der Waals surface area contributed by atoms with E-state index in [2.05, 4.69) is 21.6 Å². The zero-order chi connectivity index (χ0) is 24.0. The summed E-state index contributed by atoms with van der Waals surface area (Å²) in [6.45, 7) is 10.6. The van der Waals surface area contributed by atoms with Gasteiger partial charge in [-0.15, -0.1) is 0 Å². The van der Waals surface area contributed by atoms with E-state index in [1.807, 2.05) is 24.3 Å². The van der Waals surface area contributed by atoms with Crippen LogP contribution in [0, 0.1) is 0 Å². The van der Waals surface area contributed by atoms with Gasteiger partial charge in [0, 0.05) is 55.7 Å². The lowest BCUT2D eigenvalue weighted by Crippen LogP contribution is -2.47. The molecule has 4 nitrogen and oxygen atoms in total. The summed E-state index contributed by atoms with van der Waals surface area (Å²) in [5, 5.41) is 0. The third-order valence-corrected chi connectivity index (χ3v) is 7.60. The number of alkyl halides is 3. The van der Waals surface area contributed by atoms with Crippen molar-refractivity contribution in [2.24, 2.45) is 0 Å². The van der Waals surface area contributed by atoms with E-state index in [9.17, 15) is 13.2 Å². The maximum Gasteiger partial charge on any atom is 0.416 e. The van der Waals surface area contributed by atoms with E-state index in [-0.39, 0.29) is 0 Å². The zero-order valence-electron chi connectivity index (χ0n) is 19.8. The molecule has 0 aliphatic carbocycles. The van der Waals surface area contributed by atoms with E-state index in [4.69, 9.17) is 4.74 Å². The lowest BCUT2D eigenvalue weighted by atomic mass is 10.1. The SMILES string of the molecule is CCCCOCCN1CCN(CCCN2c3ccccc3Sc3ccc(C(F)(F)F)cc32)CC1. The number of nitrogens with zero attached hydrogens (tertiary/aromatic N) is 3. The average molecular weight is 494 g/mol. The summed E-state index contributed by atoms with van der Waals surface area (Å²) in [5.41, 5.74) is 1.06.